The normalized spacial score (nSPS) is 21.5. The monoisotopic (exact) mass is 301 g/mol. The quantitative estimate of drug-likeness (QED) is 0.943. The van der Waals surface area contributed by atoms with Gasteiger partial charge in [-0.3, -0.25) is 4.79 Å². The SMILES string of the molecule is Cc1c(C(C)NC(=O)C2CC2C)cnn1-c1ccc(F)cc1. The Morgan fingerprint density at radius 3 is 2.64 bits per heavy atom. The number of rotatable bonds is 4. The number of amides is 1. The van der Waals surface area contributed by atoms with Crippen LogP contribution in [0.1, 0.15) is 37.6 Å². The Balaban J connectivity index is 1.77. The number of carbonyl (C=O) groups is 1. The average molecular weight is 301 g/mol. The van der Waals surface area contributed by atoms with E-state index in [1.54, 1.807) is 23.0 Å². The summed E-state index contributed by atoms with van der Waals surface area (Å²) >= 11 is 0. The Hall–Kier alpha value is -2.17. The van der Waals surface area contributed by atoms with Crippen molar-refractivity contribution in [1.29, 1.82) is 0 Å². The molecule has 3 atom stereocenters. The van der Waals surface area contributed by atoms with E-state index in [-0.39, 0.29) is 23.7 Å². The van der Waals surface area contributed by atoms with E-state index in [1.807, 2.05) is 13.8 Å². The molecule has 1 N–H and O–H groups in total. The topological polar surface area (TPSA) is 46.9 Å². The van der Waals surface area contributed by atoms with Crippen LogP contribution in [0, 0.1) is 24.6 Å². The van der Waals surface area contributed by atoms with E-state index < -0.39 is 0 Å². The summed E-state index contributed by atoms with van der Waals surface area (Å²) in [6.07, 6.45) is 2.74. The zero-order valence-corrected chi connectivity index (χ0v) is 13.0. The second-order valence-electron chi connectivity index (χ2n) is 6.12. The van der Waals surface area contributed by atoms with Crippen LogP contribution >= 0.6 is 0 Å². The minimum absolute atomic E-state index is 0.0884. The molecule has 1 heterocycles. The van der Waals surface area contributed by atoms with Gasteiger partial charge in [-0.05, 0) is 50.5 Å². The molecule has 4 nitrogen and oxygen atoms in total. The van der Waals surface area contributed by atoms with Gasteiger partial charge in [0.15, 0.2) is 0 Å². The van der Waals surface area contributed by atoms with E-state index in [0.717, 1.165) is 23.4 Å². The first-order valence-corrected chi connectivity index (χ1v) is 7.58. The highest BCUT2D eigenvalue weighted by atomic mass is 19.1. The molecule has 1 aliphatic carbocycles. The van der Waals surface area contributed by atoms with Crippen molar-refractivity contribution in [2.75, 3.05) is 0 Å². The molecule has 22 heavy (non-hydrogen) atoms. The van der Waals surface area contributed by atoms with Crippen LogP contribution in [0.3, 0.4) is 0 Å². The van der Waals surface area contributed by atoms with Gasteiger partial charge in [0.25, 0.3) is 0 Å². The molecule has 1 aliphatic rings. The largest absolute Gasteiger partial charge is 0.349 e. The third-order valence-corrected chi connectivity index (χ3v) is 4.39. The molecule has 1 aromatic heterocycles. The number of halogens is 1. The van der Waals surface area contributed by atoms with Gasteiger partial charge >= 0.3 is 0 Å². The maximum atomic E-state index is 13.0. The minimum Gasteiger partial charge on any atom is -0.349 e. The molecule has 3 unspecified atom stereocenters. The van der Waals surface area contributed by atoms with Gasteiger partial charge in [0, 0.05) is 17.2 Å². The Morgan fingerprint density at radius 1 is 1.41 bits per heavy atom. The lowest BCUT2D eigenvalue weighted by Crippen LogP contribution is -2.28. The number of hydrogen-bond donors (Lipinski definition) is 1. The Morgan fingerprint density at radius 2 is 2.05 bits per heavy atom. The smallest absolute Gasteiger partial charge is 0.223 e. The van der Waals surface area contributed by atoms with Crippen LogP contribution in [-0.4, -0.2) is 15.7 Å². The average Bonchev–Trinajstić information content (AvgIpc) is 3.09. The first kappa shape index (κ1) is 14.8. The van der Waals surface area contributed by atoms with Gasteiger partial charge < -0.3 is 5.32 Å². The lowest BCUT2D eigenvalue weighted by molar-refractivity contribution is -0.123. The molecule has 0 spiro atoms. The third kappa shape index (κ3) is 2.75. The van der Waals surface area contributed by atoms with E-state index in [1.165, 1.54) is 12.1 Å². The number of benzene rings is 1. The van der Waals surface area contributed by atoms with Crippen molar-refractivity contribution in [1.82, 2.24) is 15.1 Å². The van der Waals surface area contributed by atoms with E-state index in [0.29, 0.717) is 5.92 Å². The van der Waals surface area contributed by atoms with Crippen molar-refractivity contribution in [2.45, 2.75) is 33.2 Å². The highest BCUT2D eigenvalue weighted by Gasteiger charge is 2.39. The van der Waals surface area contributed by atoms with Gasteiger partial charge in [-0.2, -0.15) is 5.10 Å². The lowest BCUT2D eigenvalue weighted by atomic mass is 10.1. The van der Waals surface area contributed by atoms with Gasteiger partial charge in [-0.15, -0.1) is 0 Å². The van der Waals surface area contributed by atoms with Crippen molar-refractivity contribution >= 4 is 5.91 Å². The minimum atomic E-state index is -0.270. The predicted molar refractivity (Wildman–Crippen MR) is 82.1 cm³/mol. The highest BCUT2D eigenvalue weighted by Crippen LogP contribution is 2.38. The Labute approximate surface area is 129 Å². The molecule has 1 saturated carbocycles. The molecule has 1 fully saturated rings. The molecule has 2 aromatic rings. The van der Waals surface area contributed by atoms with Crippen LogP contribution in [0.2, 0.25) is 0 Å². The standard InChI is InChI=1S/C17H20FN3O/c1-10-8-15(10)17(22)20-11(2)16-9-19-21(12(16)3)14-6-4-13(18)5-7-14/h4-7,9-11,15H,8H2,1-3H3,(H,20,22). The van der Waals surface area contributed by atoms with Crippen molar-refractivity contribution in [3.63, 3.8) is 0 Å². The first-order chi connectivity index (χ1) is 10.5. The van der Waals surface area contributed by atoms with Gasteiger partial charge in [0.2, 0.25) is 5.91 Å². The van der Waals surface area contributed by atoms with Crippen LogP contribution in [-0.2, 0) is 4.79 Å². The van der Waals surface area contributed by atoms with Crippen LogP contribution in [0.5, 0.6) is 0 Å². The molecular formula is C17H20FN3O. The maximum absolute atomic E-state index is 13.0. The maximum Gasteiger partial charge on any atom is 0.223 e. The molecule has 3 rings (SSSR count). The fourth-order valence-corrected chi connectivity index (χ4v) is 2.78. The number of hydrogen-bond acceptors (Lipinski definition) is 2. The second-order valence-corrected chi connectivity index (χ2v) is 6.12. The molecule has 0 bridgehead atoms. The Kier molecular flexibility index (Phi) is 3.72. The molecule has 5 heteroatoms. The third-order valence-electron chi connectivity index (χ3n) is 4.39. The number of nitrogens with one attached hydrogen (secondary N) is 1. The van der Waals surface area contributed by atoms with Crippen molar-refractivity contribution < 1.29 is 9.18 Å². The summed E-state index contributed by atoms with van der Waals surface area (Å²) in [6, 6.07) is 6.11. The number of carbonyl (C=O) groups excluding carboxylic acids is 1. The van der Waals surface area contributed by atoms with Crippen molar-refractivity contribution in [2.24, 2.45) is 11.8 Å². The summed E-state index contributed by atoms with van der Waals surface area (Å²) < 4.78 is 14.8. The zero-order chi connectivity index (χ0) is 15.9. The summed E-state index contributed by atoms with van der Waals surface area (Å²) in [7, 11) is 0. The molecular weight excluding hydrogens is 281 g/mol. The van der Waals surface area contributed by atoms with Crippen LogP contribution in [0.25, 0.3) is 5.69 Å². The second kappa shape index (κ2) is 5.55. The molecule has 0 radical (unpaired) electrons. The van der Waals surface area contributed by atoms with E-state index in [9.17, 15) is 9.18 Å². The van der Waals surface area contributed by atoms with E-state index in [4.69, 9.17) is 0 Å². The summed E-state index contributed by atoms with van der Waals surface area (Å²) in [4.78, 5) is 12.0. The van der Waals surface area contributed by atoms with Gasteiger partial charge in [-0.1, -0.05) is 6.92 Å². The molecule has 116 valence electrons. The van der Waals surface area contributed by atoms with Crippen LogP contribution in [0.4, 0.5) is 4.39 Å². The van der Waals surface area contributed by atoms with Gasteiger partial charge in [0.1, 0.15) is 5.82 Å². The molecule has 1 amide bonds. The van der Waals surface area contributed by atoms with Crippen molar-refractivity contribution in [3.05, 3.63) is 47.5 Å². The van der Waals surface area contributed by atoms with Gasteiger partial charge in [-0.25, -0.2) is 9.07 Å². The molecule has 0 saturated heterocycles. The van der Waals surface area contributed by atoms with E-state index in [2.05, 4.69) is 17.3 Å². The fourth-order valence-electron chi connectivity index (χ4n) is 2.78. The van der Waals surface area contributed by atoms with Crippen LogP contribution in [0.15, 0.2) is 30.5 Å². The van der Waals surface area contributed by atoms with Crippen LogP contribution < -0.4 is 5.32 Å². The first-order valence-electron chi connectivity index (χ1n) is 7.58. The number of aromatic nitrogens is 2. The number of nitrogens with zero attached hydrogens (tertiary/aromatic N) is 2. The summed E-state index contributed by atoms with van der Waals surface area (Å²) in [5.41, 5.74) is 2.73. The summed E-state index contributed by atoms with van der Waals surface area (Å²) in [5.74, 6) is 0.507. The predicted octanol–water partition coefficient (Wildman–Crippen LogP) is 3.15. The fraction of sp³-hybridized carbons (Fsp3) is 0.412. The zero-order valence-electron chi connectivity index (χ0n) is 13.0. The molecule has 0 aliphatic heterocycles. The highest BCUT2D eigenvalue weighted by molar-refractivity contribution is 5.81. The molecule has 1 aromatic carbocycles. The van der Waals surface area contributed by atoms with E-state index >= 15 is 0 Å². The summed E-state index contributed by atoms with van der Waals surface area (Å²) in [6.45, 7) is 6.00. The summed E-state index contributed by atoms with van der Waals surface area (Å²) in [5, 5.41) is 7.41. The lowest BCUT2D eigenvalue weighted by Gasteiger charge is -2.14. The van der Waals surface area contributed by atoms with Crippen molar-refractivity contribution in [3.8, 4) is 5.69 Å². The van der Waals surface area contributed by atoms with Gasteiger partial charge in [0.05, 0.1) is 17.9 Å². The Bertz CT molecular complexity index is 692.